The van der Waals surface area contributed by atoms with Crippen LogP contribution in [0.2, 0.25) is 0 Å². The fourth-order valence-corrected chi connectivity index (χ4v) is 3.63. The van der Waals surface area contributed by atoms with Crippen molar-refractivity contribution in [1.82, 2.24) is 19.9 Å². The van der Waals surface area contributed by atoms with Gasteiger partial charge in [0.25, 0.3) is 0 Å². The van der Waals surface area contributed by atoms with E-state index in [0.717, 1.165) is 39.1 Å². The lowest BCUT2D eigenvalue weighted by Gasteiger charge is -2.11. The van der Waals surface area contributed by atoms with Crippen molar-refractivity contribution >= 4 is 28.4 Å². The standard InChI is InChI=1S/C24H24N4O3/c1-16-19(17(2)28-24(26-16)20-10-6-7-11-21(20)27-28)12-13-22(29)25-14-23(30)31-15-18-8-4-3-5-9-18/h3-11H,12-15H2,1-2H3,(H,25,29). The Balaban J connectivity index is 1.34. The number of hydrogen-bond donors (Lipinski definition) is 1. The number of aryl methyl sites for hydroxylation is 2. The monoisotopic (exact) mass is 416 g/mol. The van der Waals surface area contributed by atoms with Gasteiger partial charge >= 0.3 is 5.97 Å². The van der Waals surface area contributed by atoms with E-state index in [4.69, 9.17) is 9.72 Å². The van der Waals surface area contributed by atoms with E-state index in [1.807, 2.05) is 73.0 Å². The van der Waals surface area contributed by atoms with E-state index in [2.05, 4.69) is 10.4 Å². The highest BCUT2D eigenvalue weighted by molar-refractivity contribution is 5.92. The lowest BCUT2D eigenvalue weighted by Crippen LogP contribution is -2.30. The molecule has 0 aliphatic carbocycles. The van der Waals surface area contributed by atoms with Crippen LogP contribution < -0.4 is 5.32 Å². The zero-order chi connectivity index (χ0) is 21.8. The first-order chi connectivity index (χ1) is 15.0. The number of esters is 1. The van der Waals surface area contributed by atoms with E-state index >= 15 is 0 Å². The first kappa shape index (κ1) is 20.5. The molecule has 7 nitrogen and oxygen atoms in total. The molecule has 7 heteroatoms. The minimum Gasteiger partial charge on any atom is -0.460 e. The Bertz CT molecular complexity index is 1250. The molecular formula is C24H24N4O3. The molecule has 31 heavy (non-hydrogen) atoms. The van der Waals surface area contributed by atoms with Crippen molar-refractivity contribution in [2.24, 2.45) is 0 Å². The summed E-state index contributed by atoms with van der Waals surface area (Å²) in [5.74, 6) is -0.669. The third kappa shape index (κ3) is 4.55. The Morgan fingerprint density at radius 2 is 1.77 bits per heavy atom. The maximum atomic E-state index is 12.3. The summed E-state index contributed by atoms with van der Waals surface area (Å²) >= 11 is 0. The molecular weight excluding hydrogens is 392 g/mol. The Morgan fingerprint density at radius 3 is 2.58 bits per heavy atom. The first-order valence-electron chi connectivity index (χ1n) is 10.2. The fraction of sp³-hybridized carbons (Fsp3) is 0.250. The molecule has 0 fully saturated rings. The number of carbonyl (C=O) groups is 2. The fourth-order valence-electron chi connectivity index (χ4n) is 3.63. The van der Waals surface area contributed by atoms with E-state index in [1.165, 1.54) is 0 Å². The molecule has 0 saturated carbocycles. The van der Waals surface area contributed by atoms with Gasteiger partial charge in [0.2, 0.25) is 5.91 Å². The third-order valence-corrected chi connectivity index (χ3v) is 5.29. The Labute approximate surface area is 180 Å². The van der Waals surface area contributed by atoms with Gasteiger partial charge in [-0.25, -0.2) is 9.50 Å². The molecule has 4 rings (SSSR count). The van der Waals surface area contributed by atoms with Crippen molar-refractivity contribution in [3.05, 3.63) is 77.1 Å². The van der Waals surface area contributed by atoms with Crippen molar-refractivity contribution in [2.75, 3.05) is 6.54 Å². The van der Waals surface area contributed by atoms with Crippen LogP contribution in [0.1, 0.15) is 28.9 Å². The number of nitrogens with one attached hydrogen (secondary N) is 1. The van der Waals surface area contributed by atoms with Crippen molar-refractivity contribution in [1.29, 1.82) is 0 Å². The van der Waals surface area contributed by atoms with E-state index in [1.54, 1.807) is 0 Å². The first-order valence-corrected chi connectivity index (χ1v) is 10.2. The molecule has 0 unspecified atom stereocenters. The van der Waals surface area contributed by atoms with E-state index in [9.17, 15) is 9.59 Å². The quantitative estimate of drug-likeness (QED) is 0.467. The third-order valence-electron chi connectivity index (χ3n) is 5.29. The highest BCUT2D eigenvalue weighted by Crippen LogP contribution is 2.22. The van der Waals surface area contributed by atoms with E-state index in [-0.39, 0.29) is 25.5 Å². The van der Waals surface area contributed by atoms with Gasteiger partial charge in [0.05, 0.1) is 5.52 Å². The average molecular weight is 416 g/mol. The highest BCUT2D eigenvalue weighted by Gasteiger charge is 2.15. The number of carbonyl (C=O) groups excluding carboxylic acids is 2. The summed E-state index contributed by atoms with van der Waals surface area (Å²) in [5.41, 5.74) is 5.45. The molecule has 4 aromatic rings. The van der Waals surface area contributed by atoms with Crippen LogP contribution in [-0.4, -0.2) is 33.0 Å². The largest absolute Gasteiger partial charge is 0.460 e. The van der Waals surface area contributed by atoms with Crippen molar-refractivity contribution < 1.29 is 14.3 Å². The molecule has 2 aromatic carbocycles. The molecule has 0 bridgehead atoms. The predicted molar refractivity (Wildman–Crippen MR) is 118 cm³/mol. The number of ether oxygens (including phenoxy) is 1. The number of nitrogens with zero attached hydrogens (tertiary/aromatic N) is 3. The Morgan fingerprint density at radius 1 is 1.03 bits per heavy atom. The smallest absolute Gasteiger partial charge is 0.325 e. The Hall–Kier alpha value is -3.74. The van der Waals surface area contributed by atoms with E-state index < -0.39 is 5.97 Å². The van der Waals surface area contributed by atoms with Gasteiger partial charge in [-0.05, 0) is 43.5 Å². The Kier molecular flexibility index (Phi) is 5.93. The number of amides is 1. The van der Waals surface area contributed by atoms with Crippen molar-refractivity contribution in [3.8, 4) is 0 Å². The maximum Gasteiger partial charge on any atom is 0.325 e. The normalized spacial score (nSPS) is 11.0. The number of hydrogen-bond acceptors (Lipinski definition) is 5. The molecule has 0 saturated heterocycles. The summed E-state index contributed by atoms with van der Waals surface area (Å²) in [5, 5.41) is 8.28. The van der Waals surface area contributed by atoms with Crippen molar-refractivity contribution in [3.63, 3.8) is 0 Å². The molecule has 2 heterocycles. The van der Waals surface area contributed by atoms with Gasteiger partial charge in [0.15, 0.2) is 5.65 Å². The summed E-state index contributed by atoms with van der Waals surface area (Å²) in [6.07, 6.45) is 0.767. The van der Waals surface area contributed by atoms with Crippen molar-refractivity contribution in [2.45, 2.75) is 33.3 Å². The second-order valence-corrected chi connectivity index (χ2v) is 7.44. The van der Waals surface area contributed by atoms with Gasteiger partial charge in [0.1, 0.15) is 13.2 Å². The molecule has 0 atom stereocenters. The van der Waals surface area contributed by atoms with Gasteiger partial charge in [-0.1, -0.05) is 42.5 Å². The van der Waals surface area contributed by atoms with Gasteiger partial charge in [-0.3, -0.25) is 9.59 Å². The van der Waals surface area contributed by atoms with Crippen LogP contribution in [0.3, 0.4) is 0 Å². The number of aromatic nitrogens is 3. The number of benzene rings is 2. The van der Waals surface area contributed by atoms with Gasteiger partial charge in [-0.2, -0.15) is 5.10 Å². The molecule has 0 radical (unpaired) electrons. The van der Waals surface area contributed by atoms with Crippen LogP contribution in [-0.2, 0) is 27.4 Å². The highest BCUT2D eigenvalue weighted by atomic mass is 16.5. The van der Waals surface area contributed by atoms with Crippen LogP contribution in [0, 0.1) is 13.8 Å². The van der Waals surface area contributed by atoms with Crippen LogP contribution in [0.25, 0.3) is 16.6 Å². The summed E-state index contributed by atoms with van der Waals surface area (Å²) in [6.45, 7) is 3.98. The topological polar surface area (TPSA) is 85.6 Å². The molecule has 2 aromatic heterocycles. The second-order valence-electron chi connectivity index (χ2n) is 7.44. The van der Waals surface area contributed by atoms with Crippen LogP contribution in [0.4, 0.5) is 0 Å². The molecule has 158 valence electrons. The zero-order valence-corrected chi connectivity index (χ0v) is 17.6. The minimum absolute atomic E-state index is 0.147. The van der Waals surface area contributed by atoms with Crippen LogP contribution >= 0.6 is 0 Å². The molecule has 1 amide bonds. The second kappa shape index (κ2) is 8.95. The minimum atomic E-state index is -0.462. The SMILES string of the molecule is Cc1nc2c3ccccc3nn2c(C)c1CCC(=O)NCC(=O)OCc1ccccc1. The van der Waals surface area contributed by atoms with Crippen LogP contribution in [0.15, 0.2) is 54.6 Å². The molecule has 0 aliphatic heterocycles. The summed E-state index contributed by atoms with van der Waals surface area (Å²) in [6, 6.07) is 17.3. The zero-order valence-electron chi connectivity index (χ0n) is 17.6. The molecule has 0 spiro atoms. The number of fused-ring (bicyclic) bond motifs is 3. The number of rotatable bonds is 7. The maximum absolute atomic E-state index is 12.3. The average Bonchev–Trinajstić information content (AvgIpc) is 3.15. The predicted octanol–water partition coefficient (Wildman–Crippen LogP) is 3.29. The molecule has 0 aliphatic rings. The lowest BCUT2D eigenvalue weighted by molar-refractivity contribution is -0.145. The van der Waals surface area contributed by atoms with Gasteiger partial charge < -0.3 is 10.1 Å². The summed E-state index contributed by atoms with van der Waals surface area (Å²) < 4.78 is 7.02. The molecule has 1 N–H and O–H groups in total. The summed E-state index contributed by atoms with van der Waals surface area (Å²) in [7, 11) is 0. The van der Waals surface area contributed by atoms with Gasteiger partial charge in [-0.15, -0.1) is 0 Å². The van der Waals surface area contributed by atoms with Gasteiger partial charge in [0, 0.05) is 23.2 Å². The summed E-state index contributed by atoms with van der Waals surface area (Å²) in [4.78, 5) is 28.9. The van der Waals surface area contributed by atoms with E-state index in [0.29, 0.717) is 6.42 Å². The van der Waals surface area contributed by atoms with Crippen LogP contribution in [0.5, 0.6) is 0 Å². The lowest BCUT2D eigenvalue weighted by atomic mass is 10.1.